The Kier molecular flexibility index (Phi) is 9.32. The molecule has 11 nitrogen and oxygen atoms in total. The van der Waals surface area contributed by atoms with E-state index in [4.69, 9.17) is 16.6 Å². The zero-order chi connectivity index (χ0) is 38.7. The third kappa shape index (κ3) is 6.49. The van der Waals surface area contributed by atoms with Gasteiger partial charge >= 0.3 is 0 Å². The molecule has 56 heavy (non-hydrogen) atoms. The van der Waals surface area contributed by atoms with Crippen LogP contribution >= 0.6 is 22.9 Å². The Balaban J connectivity index is 0.832. The Morgan fingerprint density at radius 3 is 2.52 bits per heavy atom. The number of imide groups is 1. The predicted octanol–water partition coefficient (Wildman–Crippen LogP) is 6.10. The highest BCUT2D eigenvalue weighted by atomic mass is 35.5. The minimum atomic E-state index is -0.858. The van der Waals surface area contributed by atoms with Gasteiger partial charge in [-0.05, 0) is 91.8 Å². The number of aliphatic imine (C=N–C) groups is 1. The molecule has 3 aromatic heterocycles. The number of pyridine rings is 1. The van der Waals surface area contributed by atoms with Crippen LogP contribution in [-0.4, -0.2) is 77.8 Å². The van der Waals surface area contributed by atoms with Crippen LogP contribution in [0.2, 0.25) is 5.02 Å². The van der Waals surface area contributed by atoms with Crippen molar-refractivity contribution in [3.8, 4) is 16.8 Å². The summed E-state index contributed by atoms with van der Waals surface area (Å²) in [5.74, 6) is 7.37. The molecule has 0 N–H and O–H groups in total. The highest BCUT2D eigenvalue weighted by molar-refractivity contribution is 7.15. The number of nitrogens with zero attached hydrogens (tertiary/aromatic N) is 7. The van der Waals surface area contributed by atoms with Gasteiger partial charge in [-0.2, -0.15) is 0 Å². The number of thiophene rings is 1. The molecule has 6 heterocycles. The maximum Gasteiger partial charge on any atom is 0.262 e. The molecule has 0 spiro atoms. The molecule has 2 amide bonds. The van der Waals surface area contributed by atoms with Crippen molar-refractivity contribution in [1.82, 2.24) is 29.5 Å². The summed E-state index contributed by atoms with van der Waals surface area (Å²) in [6.07, 6.45) is 3.63. The van der Waals surface area contributed by atoms with Crippen LogP contribution in [0.4, 0.5) is 0 Å². The number of hydrogen-bond acceptors (Lipinski definition) is 10. The van der Waals surface area contributed by atoms with Crippen molar-refractivity contribution in [2.45, 2.75) is 65.1 Å². The highest BCUT2D eigenvalue weighted by Crippen LogP contribution is 2.37. The first-order valence-corrected chi connectivity index (χ1v) is 19.9. The number of aryl methyl sites for hydroxylation is 2. The van der Waals surface area contributed by atoms with E-state index in [1.165, 1.54) is 0 Å². The van der Waals surface area contributed by atoms with E-state index in [1.54, 1.807) is 23.5 Å². The third-order valence-electron chi connectivity index (χ3n) is 11.1. The molecule has 1 aliphatic carbocycles. The fourth-order valence-corrected chi connectivity index (χ4v) is 9.57. The van der Waals surface area contributed by atoms with Gasteiger partial charge in [-0.3, -0.25) is 38.5 Å². The van der Waals surface area contributed by atoms with E-state index in [9.17, 15) is 19.2 Å². The van der Waals surface area contributed by atoms with Crippen LogP contribution in [0.25, 0.3) is 5.00 Å². The smallest absolute Gasteiger partial charge is 0.262 e. The molecular formula is C43H36ClN7O4S. The molecule has 1 atom stereocenters. The first-order chi connectivity index (χ1) is 27.1. The van der Waals surface area contributed by atoms with Crippen molar-refractivity contribution in [2.24, 2.45) is 10.9 Å². The molecule has 1 saturated heterocycles. The lowest BCUT2D eigenvalue weighted by Gasteiger charge is -2.39. The summed E-state index contributed by atoms with van der Waals surface area (Å²) in [7, 11) is 0. The molecule has 2 fully saturated rings. The molecule has 0 radical (unpaired) electrons. The standard InChI is InChI=1S/C43H36ClN7O4S/c1-24-36(56-43-38(24)40(29-9-11-30(44)12-10-29)46-20-37-48-47-25(2)50(37)43)17-14-31-13-7-26(19-45-31)21-49-22-27(23-49)6-8-28-4-3-5-33-39(28)42(55)51(41(33)54)34-16-15-32(52)18-35(34)53/h3-5,7,9-13,19,27,34H,6,8,15-16,18,20-23H2,1-2H3. The van der Waals surface area contributed by atoms with Crippen molar-refractivity contribution in [2.75, 3.05) is 13.1 Å². The minimum Gasteiger partial charge on any atom is -0.299 e. The van der Waals surface area contributed by atoms with Gasteiger partial charge < -0.3 is 0 Å². The second kappa shape index (κ2) is 14.5. The summed E-state index contributed by atoms with van der Waals surface area (Å²) in [4.78, 5) is 65.1. The van der Waals surface area contributed by atoms with Gasteiger partial charge in [0, 0.05) is 48.4 Å². The molecule has 1 saturated carbocycles. The zero-order valence-corrected chi connectivity index (χ0v) is 32.4. The van der Waals surface area contributed by atoms with E-state index >= 15 is 0 Å². The number of amides is 2. The molecule has 5 aromatic rings. The lowest BCUT2D eigenvalue weighted by atomic mass is 9.90. The number of benzene rings is 2. The minimum absolute atomic E-state index is 0.140. The number of carbonyl (C=O) groups is 4. The fraction of sp³-hybridized carbons (Fsp3) is 0.302. The largest absolute Gasteiger partial charge is 0.299 e. The number of carbonyl (C=O) groups excluding carboxylic acids is 4. The van der Waals surface area contributed by atoms with Gasteiger partial charge in [0.2, 0.25) is 0 Å². The van der Waals surface area contributed by atoms with E-state index in [1.807, 2.05) is 49.5 Å². The van der Waals surface area contributed by atoms with E-state index in [0.717, 1.165) is 86.0 Å². The molecule has 280 valence electrons. The second-order valence-electron chi connectivity index (χ2n) is 14.9. The van der Waals surface area contributed by atoms with Gasteiger partial charge in [-0.25, -0.2) is 4.98 Å². The van der Waals surface area contributed by atoms with Gasteiger partial charge in [0.25, 0.3) is 11.8 Å². The Labute approximate surface area is 332 Å². The monoisotopic (exact) mass is 781 g/mol. The number of aromatic nitrogens is 4. The summed E-state index contributed by atoms with van der Waals surface area (Å²) >= 11 is 7.81. The van der Waals surface area contributed by atoms with Gasteiger partial charge in [0.05, 0.1) is 34.2 Å². The third-order valence-corrected chi connectivity index (χ3v) is 12.6. The molecule has 0 bridgehead atoms. The van der Waals surface area contributed by atoms with E-state index in [0.29, 0.717) is 40.7 Å². The number of rotatable bonds is 7. The maximum atomic E-state index is 13.5. The van der Waals surface area contributed by atoms with Gasteiger partial charge in [0.15, 0.2) is 11.6 Å². The summed E-state index contributed by atoms with van der Waals surface area (Å²) in [5, 5.41) is 10.4. The number of ketones is 2. The lowest BCUT2D eigenvalue weighted by Crippen LogP contribution is -2.47. The van der Waals surface area contributed by atoms with Gasteiger partial charge in [0.1, 0.15) is 28.8 Å². The van der Waals surface area contributed by atoms with Crippen LogP contribution in [0, 0.1) is 31.6 Å². The number of fused-ring (bicyclic) bond motifs is 4. The van der Waals surface area contributed by atoms with E-state index < -0.39 is 17.9 Å². The Morgan fingerprint density at radius 2 is 1.75 bits per heavy atom. The fourth-order valence-electron chi connectivity index (χ4n) is 8.21. The Hall–Kier alpha value is -5.61. The Morgan fingerprint density at radius 1 is 0.929 bits per heavy atom. The van der Waals surface area contributed by atoms with Crippen LogP contribution in [-0.2, 0) is 29.1 Å². The van der Waals surface area contributed by atoms with E-state index in [-0.39, 0.29) is 30.8 Å². The van der Waals surface area contributed by atoms with Crippen molar-refractivity contribution in [3.05, 3.63) is 127 Å². The van der Waals surface area contributed by atoms with Crippen LogP contribution in [0.3, 0.4) is 0 Å². The van der Waals surface area contributed by atoms with Crippen molar-refractivity contribution in [3.63, 3.8) is 0 Å². The summed E-state index contributed by atoms with van der Waals surface area (Å²) in [6.45, 7) is 7.09. The topological polar surface area (TPSA) is 131 Å². The summed E-state index contributed by atoms with van der Waals surface area (Å²) in [5.41, 5.74) is 7.33. The van der Waals surface area contributed by atoms with Crippen LogP contribution in [0.15, 0.2) is 65.8 Å². The van der Waals surface area contributed by atoms with Crippen LogP contribution in [0.5, 0.6) is 0 Å². The Bertz CT molecular complexity index is 2560. The number of likely N-dealkylation sites (tertiary alicyclic amines) is 1. The average molecular weight is 782 g/mol. The molecule has 4 aliphatic rings. The molecule has 2 aromatic carbocycles. The lowest BCUT2D eigenvalue weighted by molar-refractivity contribution is -0.132. The van der Waals surface area contributed by atoms with Crippen LogP contribution in [0.1, 0.15) is 96.4 Å². The normalized spacial score (nSPS) is 18.2. The summed E-state index contributed by atoms with van der Waals surface area (Å²) in [6, 6.07) is 16.3. The number of halogens is 1. The molecular weight excluding hydrogens is 746 g/mol. The zero-order valence-electron chi connectivity index (χ0n) is 30.8. The molecule has 1 unspecified atom stereocenters. The van der Waals surface area contributed by atoms with E-state index in [2.05, 4.69) is 49.5 Å². The predicted molar refractivity (Wildman–Crippen MR) is 211 cm³/mol. The SMILES string of the molecule is Cc1c(C#Cc2ccc(CN3CC(CCc4cccc5c4C(=O)N(C4CCC(=O)CC4=O)C5=O)C3)cn2)sc2c1C(c1ccc(Cl)cc1)=NCc1nnc(C)n1-2. The van der Waals surface area contributed by atoms with Crippen LogP contribution < -0.4 is 0 Å². The number of hydrogen-bond donors (Lipinski definition) is 0. The molecule has 13 heteroatoms. The van der Waals surface area contributed by atoms with Crippen molar-refractivity contribution < 1.29 is 19.2 Å². The average Bonchev–Trinajstić information content (AvgIpc) is 3.74. The van der Waals surface area contributed by atoms with Crippen molar-refractivity contribution in [1.29, 1.82) is 0 Å². The molecule has 3 aliphatic heterocycles. The van der Waals surface area contributed by atoms with Crippen molar-refractivity contribution >= 4 is 52.0 Å². The van der Waals surface area contributed by atoms with Gasteiger partial charge in [-0.15, -0.1) is 21.5 Å². The maximum absolute atomic E-state index is 13.5. The first-order valence-electron chi connectivity index (χ1n) is 18.7. The van der Waals surface area contributed by atoms with Gasteiger partial charge in [-0.1, -0.05) is 41.9 Å². The second-order valence-corrected chi connectivity index (χ2v) is 16.3. The quantitative estimate of drug-likeness (QED) is 0.110. The highest BCUT2D eigenvalue weighted by Gasteiger charge is 2.45. The summed E-state index contributed by atoms with van der Waals surface area (Å²) < 4.78 is 2.08. The molecule has 9 rings (SSSR count). The number of Topliss-reactive ketones (excluding diaryl/α,β-unsaturated/α-hetero) is 2. The first kappa shape index (κ1) is 36.1.